The van der Waals surface area contributed by atoms with Crippen molar-refractivity contribution in [1.82, 2.24) is 10.2 Å². The van der Waals surface area contributed by atoms with Crippen molar-refractivity contribution in [1.29, 1.82) is 0 Å². The van der Waals surface area contributed by atoms with Gasteiger partial charge in [-0.25, -0.2) is 4.79 Å². The van der Waals surface area contributed by atoms with Gasteiger partial charge in [0.25, 0.3) is 5.91 Å². The van der Waals surface area contributed by atoms with E-state index < -0.39 is 41.6 Å². The fraction of sp³-hybridized carbons (Fsp3) is 0.382. The molecule has 0 saturated carbocycles. The molecule has 3 N–H and O–H groups in total. The van der Waals surface area contributed by atoms with Crippen LogP contribution in [0.4, 0.5) is 10.5 Å². The Hall–Kier alpha value is -4.53. The molecule has 3 aromatic carbocycles. The van der Waals surface area contributed by atoms with Gasteiger partial charge in [-0.3, -0.25) is 9.59 Å². The molecule has 2 unspecified atom stereocenters. The van der Waals surface area contributed by atoms with E-state index in [1.807, 2.05) is 45.9 Å². The van der Waals surface area contributed by atoms with Crippen molar-refractivity contribution < 1.29 is 29.0 Å². The Bertz CT molecular complexity index is 1410. The number of alkyl carbamates (subject to hydrolysis) is 1. The fourth-order valence-corrected chi connectivity index (χ4v) is 4.73. The number of nitrogens with one attached hydrogen (secondary N) is 2. The van der Waals surface area contributed by atoms with Crippen LogP contribution in [-0.2, 0) is 20.7 Å². The van der Waals surface area contributed by atoms with Gasteiger partial charge in [-0.05, 0) is 102 Å². The second kappa shape index (κ2) is 14.1. The number of hydrogen-bond acceptors (Lipinski definition) is 6. The monoisotopic (exact) mass is 589 g/mol. The van der Waals surface area contributed by atoms with Gasteiger partial charge in [0.15, 0.2) is 0 Å². The van der Waals surface area contributed by atoms with E-state index in [0.717, 1.165) is 11.1 Å². The SMILES string of the molecule is COc1ccc(NC(=O)C(c2cc(C)ccc2C)N(C(=O)C(Cc2ccc(O)cc2)NC(=O)OC(C)(C)C)C(C)C)cc1. The Morgan fingerprint density at radius 2 is 1.56 bits per heavy atom. The molecule has 0 heterocycles. The van der Waals surface area contributed by atoms with Crippen LogP contribution < -0.4 is 15.4 Å². The Morgan fingerprint density at radius 3 is 2.12 bits per heavy atom. The molecule has 0 aliphatic carbocycles. The third kappa shape index (κ3) is 9.23. The number of phenols is 1. The van der Waals surface area contributed by atoms with E-state index in [2.05, 4.69) is 10.6 Å². The molecule has 0 aromatic heterocycles. The molecular formula is C34H43N3O6. The zero-order valence-corrected chi connectivity index (χ0v) is 26.2. The Kier molecular flexibility index (Phi) is 10.8. The van der Waals surface area contributed by atoms with Gasteiger partial charge in [-0.15, -0.1) is 0 Å². The first-order valence-corrected chi connectivity index (χ1v) is 14.3. The lowest BCUT2D eigenvalue weighted by Gasteiger charge is -2.38. The standard InChI is InChI=1S/C34H43N3O6/c1-21(2)37(32(40)29(36-33(41)43-34(5,6)7)20-24-11-15-26(38)16-12-24)30(28-19-22(3)9-10-23(28)4)31(39)35-25-13-17-27(42-8)18-14-25/h9-19,21,29-30,38H,20H2,1-8H3,(H,35,39)(H,36,41). The summed E-state index contributed by atoms with van der Waals surface area (Å²) < 4.78 is 10.7. The average Bonchev–Trinajstić information content (AvgIpc) is 2.92. The highest BCUT2D eigenvalue weighted by atomic mass is 16.6. The van der Waals surface area contributed by atoms with E-state index in [9.17, 15) is 19.5 Å². The molecule has 3 rings (SSSR count). The summed E-state index contributed by atoms with van der Waals surface area (Å²) in [6.07, 6.45) is -0.638. The van der Waals surface area contributed by atoms with Crippen LogP contribution in [0, 0.1) is 13.8 Å². The van der Waals surface area contributed by atoms with Crippen LogP contribution in [0.5, 0.6) is 11.5 Å². The van der Waals surface area contributed by atoms with Crippen molar-refractivity contribution in [2.45, 2.75) is 78.6 Å². The van der Waals surface area contributed by atoms with E-state index in [-0.39, 0.29) is 12.2 Å². The number of anilines is 1. The second-order valence-corrected chi connectivity index (χ2v) is 11.9. The number of rotatable bonds is 10. The highest BCUT2D eigenvalue weighted by Gasteiger charge is 2.38. The van der Waals surface area contributed by atoms with E-state index in [4.69, 9.17) is 9.47 Å². The molecule has 0 aliphatic heterocycles. The minimum Gasteiger partial charge on any atom is -0.508 e. The second-order valence-electron chi connectivity index (χ2n) is 11.9. The van der Waals surface area contributed by atoms with Gasteiger partial charge in [0.05, 0.1) is 7.11 Å². The van der Waals surface area contributed by atoms with Crippen molar-refractivity contribution in [2.75, 3.05) is 12.4 Å². The van der Waals surface area contributed by atoms with Gasteiger partial charge < -0.3 is 30.1 Å². The van der Waals surface area contributed by atoms with Gasteiger partial charge in [-0.2, -0.15) is 0 Å². The summed E-state index contributed by atoms with van der Waals surface area (Å²) in [5.41, 5.74) is 2.92. The van der Waals surface area contributed by atoms with Crippen LogP contribution in [0.1, 0.15) is 62.9 Å². The number of amides is 3. The first kappa shape index (κ1) is 33.0. The zero-order chi connectivity index (χ0) is 31.9. The smallest absolute Gasteiger partial charge is 0.408 e. The molecule has 0 radical (unpaired) electrons. The molecule has 9 heteroatoms. The number of hydrogen-bond donors (Lipinski definition) is 3. The van der Waals surface area contributed by atoms with Crippen LogP contribution in [0.25, 0.3) is 0 Å². The minimum absolute atomic E-state index is 0.0840. The Morgan fingerprint density at radius 1 is 0.930 bits per heavy atom. The first-order valence-electron chi connectivity index (χ1n) is 14.3. The number of benzene rings is 3. The lowest BCUT2D eigenvalue weighted by atomic mass is 9.94. The van der Waals surface area contributed by atoms with Crippen molar-refractivity contribution in [3.05, 3.63) is 89.0 Å². The molecule has 230 valence electrons. The van der Waals surface area contributed by atoms with Crippen molar-refractivity contribution in [3.8, 4) is 11.5 Å². The van der Waals surface area contributed by atoms with E-state index in [1.165, 1.54) is 17.0 Å². The summed E-state index contributed by atoms with van der Waals surface area (Å²) in [4.78, 5) is 43.1. The number of carbonyl (C=O) groups is 3. The molecule has 43 heavy (non-hydrogen) atoms. The van der Waals surface area contributed by atoms with Gasteiger partial charge >= 0.3 is 6.09 Å². The summed E-state index contributed by atoms with van der Waals surface area (Å²) >= 11 is 0. The van der Waals surface area contributed by atoms with Crippen LogP contribution >= 0.6 is 0 Å². The number of nitrogens with zero attached hydrogens (tertiary/aromatic N) is 1. The number of phenolic OH excluding ortho intramolecular Hbond substituents is 1. The van der Waals surface area contributed by atoms with Crippen molar-refractivity contribution in [3.63, 3.8) is 0 Å². The van der Waals surface area contributed by atoms with E-state index in [1.54, 1.807) is 64.3 Å². The van der Waals surface area contributed by atoms with Crippen LogP contribution in [0.2, 0.25) is 0 Å². The molecule has 0 spiro atoms. The van der Waals surface area contributed by atoms with Gasteiger partial charge in [-0.1, -0.05) is 35.9 Å². The maximum absolute atomic E-state index is 14.5. The predicted molar refractivity (Wildman–Crippen MR) is 167 cm³/mol. The van der Waals surface area contributed by atoms with Gasteiger partial charge in [0.2, 0.25) is 5.91 Å². The Balaban J connectivity index is 2.08. The van der Waals surface area contributed by atoms with Crippen LogP contribution in [0.3, 0.4) is 0 Å². The molecule has 0 saturated heterocycles. The normalized spacial score (nSPS) is 12.7. The van der Waals surface area contributed by atoms with Gasteiger partial charge in [0.1, 0.15) is 29.2 Å². The predicted octanol–water partition coefficient (Wildman–Crippen LogP) is 6.07. The third-order valence-electron chi connectivity index (χ3n) is 6.79. The number of aromatic hydroxyl groups is 1. The average molecular weight is 590 g/mol. The topological polar surface area (TPSA) is 117 Å². The van der Waals surface area contributed by atoms with E-state index in [0.29, 0.717) is 22.6 Å². The summed E-state index contributed by atoms with van der Waals surface area (Å²) in [5, 5.41) is 15.5. The summed E-state index contributed by atoms with van der Waals surface area (Å²) in [7, 11) is 1.57. The summed E-state index contributed by atoms with van der Waals surface area (Å²) in [5.74, 6) is -0.125. The van der Waals surface area contributed by atoms with Crippen molar-refractivity contribution >= 4 is 23.6 Å². The number of carbonyl (C=O) groups excluding carboxylic acids is 3. The lowest BCUT2D eigenvalue weighted by Crippen LogP contribution is -2.55. The molecule has 2 atom stereocenters. The number of ether oxygens (including phenoxy) is 2. The van der Waals surface area contributed by atoms with Gasteiger partial charge in [0, 0.05) is 18.2 Å². The molecule has 9 nitrogen and oxygen atoms in total. The quantitative estimate of drug-likeness (QED) is 0.264. The molecule has 0 aliphatic rings. The number of aryl methyl sites for hydroxylation is 2. The highest BCUT2D eigenvalue weighted by molar-refractivity contribution is 5.99. The van der Waals surface area contributed by atoms with Crippen LogP contribution in [0.15, 0.2) is 66.7 Å². The zero-order valence-electron chi connectivity index (χ0n) is 26.2. The molecule has 0 fully saturated rings. The largest absolute Gasteiger partial charge is 0.508 e. The molecule has 3 amide bonds. The summed E-state index contributed by atoms with van der Waals surface area (Å²) in [6.45, 7) is 12.7. The van der Waals surface area contributed by atoms with Crippen LogP contribution in [-0.4, -0.2) is 52.7 Å². The number of methoxy groups -OCH3 is 1. The molecule has 0 bridgehead atoms. The Labute approximate surface area is 254 Å². The summed E-state index contributed by atoms with van der Waals surface area (Å²) in [6, 6.07) is 16.6. The van der Waals surface area contributed by atoms with Crippen molar-refractivity contribution in [2.24, 2.45) is 0 Å². The maximum atomic E-state index is 14.5. The highest BCUT2D eigenvalue weighted by Crippen LogP contribution is 2.30. The molecule has 3 aromatic rings. The minimum atomic E-state index is -1.07. The maximum Gasteiger partial charge on any atom is 0.408 e. The lowest BCUT2D eigenvalue weighted by molar-refractivity contribution is -0.142. The fourth-order valence-electron chi connectivity index (χ4n) is 4.73. The third-order valence-corrected chi connectivity index (χ3v) is 6.79. The van der Waals surface area contributed by atoms with E-state index >= 15 is 0 Å². The first-order chi connectivity index (χ1) is 20.2. The molecular weight excluding hydrogens is 546 g/mol.